The maximum Gasteiger partial charge on any atom is 0.232 e. The van der Waals surface area contributed by atoms with E-state index in [9.17, 15) is 5.26 Å². The molecule has 1 aliphatic rings. The Morgan fingerprint density at radius 3 is 2.60 bits per heavy atom. The van der Waals surface area contributed by atoms with Gasteiger partial charge in [-0.3, -0.25) is 4.90 Å². The Morgan fingerprint density at radius 1 is 1.24 bits per heavy atom. The van der Waals surface area contributed by atoms with Gasteiger partial charge in [-0.2, -0.15) is 5.26 Å². The molecule has 6 heteroatoms. The summed E-state index contributed by atoms with van der Waals surface area (Å²) >= 11 is 0. The van der Waals surface area contributed by atoms with E-state index in [0.29, 0.717) is 24.0 Å². The molecule has 2 aromatic rings. The summed E-state index contributed by atoms with van der Waals surface area (Å²) in [7, 11) is 0. The van der Waals surface area contributed by atoms with Crippen molar-refractivity contribution >= 4 is 5.88 Å². The molecule has 0 saturated carbocycles. The highest BCUT2D eigenvalue weighted by atomic mass is 16.5. The zero-order chi connectivity index (χ0) is 17.6. The fourth-order valence-electron chi connectivity index (χ4n) is 2.99. The maximum absolute atomic E-state index is 9.31. The first kappa shape index (κ1) is 17.5. The van der Waals surface area contributed by atoms with E-state index in [1.165, 1.54) is 5.56 Å². The largest absolute Gasteiger partial charge is 0.424 e. The van der Waals surface area contributed by atoms with Crippen LogP contribution in [0.3, 0.4) is 0 Å². The number of hydrogen-bond donors (Lipinski definition) is 1. The van der Waals surface area contributed by atoms with Crippen LogP contribution in [0.15, 0.2) is 34.7 Å². The predicted octanol–water partition coefficient (Wildman–Crippen LogP) is 3.16. The van der Waals surface area contributed by atoms with E-state index in [2.05, 4.69) is 45.5 Å². The van der Waals surface area contributed by atoms with Gasteiger partial charge in [0.1, 0.15) is 6.07 Å². The molecule has 1 fully saturated rings. The molecule has 1 aromatic heterocycles. The Bertz CT molecular complexity index is 715. The van der Waals surface area contributed by atoms with E-state index in [4.69, 9.17) is 9.15 Å². The second-order valence-electron chi connectivity index (χ2n) is 6.45. The number of oxazole rings is 1. The fraction of sp³-hybridized carbons (Fsp3) is 0.474. The van der Waals surface area contributed by atoms with Gasteiger partial charge < -0.3 is 14.5 Å². The molecule has 0 spiro atoms. The Labute approximate surface area is 148 Å². The van der Waals surface area contributed by atoms with Crippen LogP contribution in [0.4, 0.5) is 5.88 Å². The molecule has 1 aliphatic heterocycles. The zero-order valence-electron chi connectivity index (χ0n) is 14.7. The monoisotopic (exact) mass is 340 g/mol. The third-order valence-electron chi connectivity index (χ3n) is 4.37. The number of nitriles is 1. The van der Waals surface area contributed by atoms with E-state index >= 15 is 0 Å². The summed E-state index contributed by atoms with van der Waals surface area (Å²) in [5.41, 5.74) is 1.55. The van der Waals surface area contributed by atoms with Gasteiger partial charge in [0, 0.05) is 25.6 Å². The lowest BCUT2D eigenvalue weighted by Gasteiger charge is -2.34. The van der Waals surface area contributed by atoms with Crippen LogP contribution in [0.5, 0.6) is 0 Å². The van der Waals surface area contributed by atoms with Gasteiger partial charge in [0.2, 0.25) is 17.5 Å². The van der Waals surface area contributed by atoms with Crippen molar-refractivity contribution in [2.24, 2.45) is 0 Å². The minimum atomic E-state index is 0.145. The van der Waals surface area contributed by atoms with Crippen molar-refractivity contribution in [1.82, 2.24) is 9.88 Å². The highest BCUT2D eigenvalue weighted by molar-refractivity contribution is 5.46. The Hall–Kier alpha value is -2.36. The van der Waals surface area contributed by atoms with E-state index in [1.54, 1.807) is 0 Å². The van der Waals surface area contributed by atoms with Crippen LogP contribution in [0.1, 0.15) is 43.0 Å². The van der Waals surface area contributed by atoms with Gasteiger partial charge in [-0.1, -0.05) is 44.2 Å². The quantitative estimate of drug-likeness (QED) is 0.871. The average Bonchev–Trinajstić information content (AvgIpc) is 3.07. The van der Waals surface area contributed by atoms with Gasteiger partial charge >= 0.3 is 0 Å². The number of benzene rings is 1. The lowest BCUT2D eigenvalue weighted by Crippen LogP contribution is -2.41. The molecule has 1 saturated heterocycles. The third kappa shape index (κ3) is 4.19. The standard InChI is InChI=1S/C19H24N4O2/c1-14(2)18-22-16(12-20)19(25-18)21-13-17(15-6-4-3-5-7-15)23-8-10-24-11-9-23/h3-7,14,17,21H,8-11,13H2,1-2H3/t17-/m1/s1. The number of morpholine rings is 1. The highest BCUT2D eigenvalue weighted by Gasteiger charge is 2.24. The van der Waals surface area contributed by atoms with Crippen LogP contribution in [0.25, 0.3) is 0 Å². The average molecular weight is 340 g/mol. The summed E-state index contributed by atoms with van der Waals surface area (Å²) in [5.74, 6) is 1.19. The number of nitrogens with one attached hydrogen (secondary N) is 1. The van der Waals surface area contributed by atoms with Gasteiger partial charge in [-0.25, -0.2) is 4.98 Å². The summed E-state index contributed by atoms with van der Waals surface area (Å²) in [4.78, 5) is 6.67. The molecule has 2 heterocycles. The van der Waals surface area contributed by atoms with Crippen molar-refractivity contribution in [2.45, 2.75) is 25.8 Å². The van der Waals surface area contributed by atoms with Crippen molar-refractivity contribution in [1.29, 1.82) is 5.26 Å². The van der Waals surface area contributed by atoms with Crippen LogP contribution in [-0.2, 0) is 4.74 Å². The van der Waals surface area contributed by atoms with E-state index in [1.807, 2.05) is 19.9 Å². The highest BCUT2D eigenvalue weighted by Crippen LogP contribution is 2.26. The van der Waals surface area contributed by atoms with E-state index < -0.39 is 0 Å². The van der Waals surface area contributed by atoms with Crippen LogP contribution in [0, 0.1) is 11.3 Å². The van der Waals surface area contributed by atoms with Crippen molar-refractivity contribution < 1.29 is 9.15 Å². The van der Waals surface area contributed by atoms with Crippen LogP contribution in [-0.4, -0.2) is 42.7 Å². The molecule has 1 N–H and O–H groups in total. The van der Waals surface area contributed by atoms with E-state index in [-0.39, 0.29) is 12.0 Å². The molecule has 0 unspecified atom stereocenters. The molecule has 0 amide bonds. The fourth-order valence-corrected chi connectivity index (χ4v) is 2.99. The van der Waals surface area contributed by atoms with Crippen LogP contribution >= 0.6 is 0 Å². The summed E-state index contributed by atoms with van der Waals surface area (Å²) in [6, 6.07) is 12.7. The minimum Gasteiger partial charge on any atom is -0.424 e. The topological polar surface area (TPSA) is 74.3 Å². The van der Waals surface area contributed by atoms with Gasteiger partial charge in [0.25, 0.3) is 0 Å². The second-order valence-corrected chi connectivity index (χ2v) is 6.45. The van der Waals surface area contributed by atoms with Crippen molar-refractivity contribution in [3.63, 3.8) is 0 Å². The van der Waals surface area contributed by atoms with Gasteiger partial charge in [-0.15, -0.1) is 0 Å². The van der Waals surface area contributed by atoms with Crippen LogP contribution < -0.4 is 5.32 Å². The molecule has 0 radical (unpaired) electrons. The summed E-state index contributed by atoms with van der Waals surface area (Å²) in [6.07, 6.45) is 0. The number of anilines is 1. The van der Waals surface area contributed by atoms with Crippen LogP contribution in [0.2, 0.25) is 0 Å². The van der Waals surface area contributed by atoms with Crippen molar-refractivity contribution in [3.05, 3.63) is 47.5 Å². The lowest BCUT2D eigenvalue weighted by atomic mass is 10.0. The lowest BCUT2D eigenvalue weighted by molar-refractivity contribution is 0.0186. The summed E-state index contributed by atoms with van der Waals surface area (Å²) < 4.78 is 11.2. The molecule has 1 atom stereocenters. The zero-order valence-corrected chi connectivity index (χ0v) is 14.7. The molecule has 132 valence electrons. The summed E-state index contributed by atoms with van der Waals surface area (Å²) in [5, 5.41) is 12.6. The Balaban J connectivity index is 1.78. The summed E-state index contributed by atoms with van der Waals surface area (Å²) in [6.45, 7) is 7.90. The van der Waals surface area contributed by atoms with Gasteiger partial charge in [-0.05, 0) is 5.56 Å². The molecule has 0 aliphatic carbocycles. The first-order valence-corrected chi connectivity index (χ1v) is 8.70. The van der Waals surface area contributed by atoms with Crippen molar-refractivity contribution in [3.8, 4) is 6.07 Å². The normalized spacial score (nSPS) is 16.6. The minimum absolute atomic E-state index is 0.145. The molecule has 6 nitrogen and oxygen atoms in total. The molecule has 1 aromatic carbocycles. The molecule has 0 bridgehead atoms. The predicted molar refractivity (Wildman–Crippen MR) is 95.4 cm³/mol. The second kappa shape index (κ2) is 8.15. The maximum atomic E-state index is 9.31. The van der Waals surface area contributed by atoms with Gasteiger partial charge in [0.15, 0.2) is 0 Å². The smallest absolute Gasteiger partial charge is 0.232 e. The number of nitrogens with zero attached hydrogens (tertiary/aromatic N) is 3. The van der Waals surface area contributed by atoms with Gasteiger partial charge in [0.05, 0.1) is 19.3 Å². The Morgan fingerprint density at radius 2 is 1.96 bits per heavy atom. The van der Waals surface area contributed by atoms with Crippen molar-refractivity contribution in [2.75, 3.05) is 38.2 Å². The molecule has 25 heavy (non-hydrogen) atoms. The number of rotatable bonds is 6. The third-order valence-corrected chi connectivity index (χ3v) is 4.37. The SMILES string of the molecule is CC(C)c1nc(C#N)c(NC[C@H](c2ccccc2)N2CCOCC2)o1. The van der Waals surface area contributed by atoms with E-state index in [0.717, 1.165) is 26.3 Å². The number of ether oxygens (including phenoxy) is 1. The Kier molecular flexibility index (Phi) is 5.69. The molecule has 3 rings (SSSR count). The first-order chi connectivity index (χ1) is 12.2. The number of aromatic nitrogens is 1. The molecular weight excluding hydrogens is 316 g/mol. The number of hydrogen-bond acceptors (Lipinski definition) is 6. The molecular formula is C19H24N4O2. The first-order valence-electron chi connectivity index (χ1n) is 8.70.